The van der Waals surface area contributed by atoms with Crippen molar-refractivity contribution < 1.29 is 9.59 Å². The Hall–Kier alpha value is -1.70. The van der Waals surface area contributed by atoms with Gasteiger partial charge >= 0.3 is 0 Å². The van der Waals surface area contributed by atoms with Gasteiger partial charge in [-0.15, -0.1) is 0 Å². The van der Waals surface area contributed by atoms with E-state index >= 15 is 0 Å². The van der Waals surface area contributed by atoms with Crippen LogP contribution in [0.25, 0.3) is 0 Å². The molecule has 0 spiro atoms. The average molecular weight is 312 g/mol. The van der Waals surface area contributed by atoms with Crippen LogP contribution in [0.1, 0.15) is 10.5 Å². The van der Waals surface area contributed by atoms with Crippen LogP contribution in [-0.4, -0.2) is 66.5 Å². The maximum absolute atomic E-state index is 11.8. The second-order valence-electron chi connectivity index (χ2n) is 4.87. The first-order valence-corrected chi connectivity index (χ1v) is 7.05. The number of halogens is 1. The van der Waals surface area contributed by atoms with Gasteiger partial charge in [0.05, 0.1) is 6.54 Å². The quantitative estimate of drug-likeness (QED) is 0.801. The van der Waals surface area contributed by atoms with Crippen molar-refractivity contribution in [3.05, 3.63) is 29.0 Å². The first kappa shape index (κ1) is 15.7. The molecule has 2 rings (SSSR count). The number of amides is 2. The fraction of sp³-hybridized carbons (Fsp3) is 0.462. The van der Waals surface area contributed by atoms with Gasteiger partial charge in [0.1, 0.15) is 5.69 Å². The monoisotopic (exact) mass is 311 g/mol. The number of piperazine rings is 1. The number of carbonyl (C=O) groups is 2. The van der Waals surface area contributed by atoms with Crippen LogP contribution >= 0.6 is 11.6 Å². The van der Waals surface area contributed by atoms with E-state index in [1.807, 2.05) is 12.1 Å². The largest absolute Gasteiger partial charge is 0.342 e. The van der Waals surface area contributed by atoms with E-state index in [2.05, 4.69) is 20.6 Å². The molecule has 8 heteroatoms. The standard InChI is InChI=1S/C13H18ClN5O2/c1-18-4-6-19(7-5-18)17-12(20)9-16-13(21)11-8-10(14)2-3-15-11/h2-3,8H,4-7,9H2,1H3,(H,16,21)(H,17,20). The highest BCUT2D eigenvalue weighted by Crippen LogP contribution is 2.07. The number of pyridine rings is 1. The predicted molar refractivity (Wildman–Crippen MR) is 78.8 cm³/mol. The molecule has 114 valence electrons. The van der Waals surface area contributed by atoms with Crippen LogP contribution in [0.4, 0.5) is 0 Å². The van der Waals surface area contributed by atoms with Gasteiger partial charge in [-0.1, -0.05) is 11.6 Å². The molecule has 1 aromatic heterocycles. The molecule has 1 saturated heterocycles. The molecule has 2 amide bonds. The van der Waals surface area contributed by atoms with Crippen LogP contribution in [0.3, 0.4) is 0 Å². The molecule has 2 N–H and O–H groups in total. The normalized spacial score (nSPS) is 16.5. The van der Waals surface area contributed by atoms with Crippen LogP contribution in [0.2, 0.25) is 5.02 Å². The summed E-state index contributed by atoms with van der Waals surface area (Å²) in [4.78, 5) is 29.7. The summed E-state index contributed by atoms with van der Waals surface area (Å²) in [6, 6.07) is 3.04. The molecule has 0 unspecified atom stereocenters. The first-order chi connectivity index (χ1) is 10.0. The number of hydrogen-bond donors (Lipinski definition) is 2. The summed E-state index contributed by atoms with van der Waals surface area (Å²) in [5, 5.41) is 4.80. The number of hydrazine groups is 1. The summed E-state index contributed by atoms with van der Waals surface area (Å²) in [5.41, 5.74) is 2.95. The molecule has 1 fully saturated rings. The number of carbonyl (C=O) groups excluding carboxylic acids is 2. The average Bonchev–Trinajstić information content (AvgIpc) is 2.47. The van der Waals surface area contributed by atoms with Gasteiger partial charge in [0.15, 0.2) is 0 Å². The highest BCUT2D eigenvalue weighted by molar-refractivity contribution is 6.30. The van der Waals surface area contributed by atoms with Gasteiger partial charge in [0.2, 0.25) is 0 Å². The van der Waals surface area contributed by atoms with Crippen molar-refractivity contribution in [2.75, 3.05) is 39.8 Å². The second kappa shape index (κ2) is 7.35. The minimum atomic E-state index is -0.425. The van der Waals surface area contributed by atoms with Crippen molar-refractivity contribution in [1.82, 2.24) is 25.6 Å². The molecular formula is C13H18ClN5O2. The highest BCUT2D eigenvalue weighted by Gasteiger charge is 2.16. The highest BCUT2D eigenvalue weighted by atomic mass is 35.5. The fourth-order valence-corrected chi connectivity index (χ4v) is 2.07. The Kier molecular flexibility index (Phi) is 5.49. The molecule has 0 radical (unpaired) electrons. The Morgan fingerprint density at radius 1 is 1.33 bits per heavy atom. The van der Waals surface area contributed by atoms with Crippen molar-refractivity contribution in [3.8, 4) is 0 Å². The third kappa shape index (κ3) is 4.96. The molecule has 0 aromatic carbocycles. The zero-order valence-corrected chi connectivity index (χ0v) is 12.6. The molecule has 7 nitrogen and oxygen atoms in total. The summed E-state index contributed by atoms with van der Waals surface area (Å²) in [6.45, 7) is 3.25. The van der Waals surface area contributed by atoms with Gasteiger partial charge in [-0.2, -0.15) is 0 Å². The van der Waals surface area contributed by atoms with E-state index in [0.29, 0.717) is 5.02 Å². The fourth-order valence-electron chi connectivity index (χ4n) is 1.91. The second-order valence-corrected chi connectivity index (χ2v) is 5.30. The van der Waals surface area contributed by atoms with Crippen molar-refractivity contribution in [2.45, 2.75) is 0 Å². The van der Waals surface area contributed by atoms with Crippen LogP contribution in [0, 0.1) is 0 Å². The summed E-state index contributed by atoms with van der Waals surface area (Å²) < 4.78 is 0. The van der Waals surface area contributed by atoms with Gasteiger partial charge in [-0.25, -0.2) is 5.01 Å². The summed E-state index contributed by atoms with van der Waals surface area (Å²) >= 11 is 5.78. The van der Waals surface area contributed by atoms with E-state index in [1.54, 1.807) is 6.07 Å². The summed E-state index contributed by atoms with van der Waals surface area (Å²) in [5.74, 6) is -0.680. The number of nitrogens with zero attached hydrogens (tertiary/aromatic N) is 3. The lowest BCUT2D eigenvalue weighted by atomic mass is 10.3. The molecule has 1 aliphatic rings. The molecule has 0 atom stereocenters. The molecule has 21 heavy (non-hydrogen) atoms. The molecule has 1 aromatic rings. The third-order valence-electron chi connectivity index (χ3n) is 3.15. The van der Waals surface area contributed by atoms with E-state index in [4.69, 9.17) is 11.6 Å². The minimum absolute atomic E-state index is 0.0979. The summed E-state index contributed by atoms with van der Waals surface area (Å²) in [7, 11) is 2.04. The molecule has 0 saturated carbocycles. The topological polar surface area (TPSA) is 77.6 Å². The Balaban J connectivity index is 1.75. The molecule has 0 bridgehead atoms. The predicted octanol–water partition coefficient (Wildman–Crippen LogP) is -0.257. The molecule has 1 aliphatic heterocycles. The van der Waals surface area contributed by atoms with Crippen LogP contribution < -0.4 is 10.7 Å². The van der Waals surface area contributed by atoms with E-state index in [9.17, 15) is 9.59 Å². The SMILES string of the molecule is CN1CCN(NC(=O)CNC(=O)c2cc(Cl)ccn2)CC1. The molecular weight excluding hydrogens is 294 g/mol. The molecule has 2 heterocycles. The van der Waals surface area contributed by atoms with Crippen LogP contribution in [-0.2, 0) is 4.79 Å². The van der Waals surface area contributed by atoms with Gasteiger partial charge in [-0.3, -0.25) is 20.0 Å². The van der Waals surface area contributed by atoms with Gasteiger partial charge < -0.3 is 10.2 Å². The Morgan fingerprint density at radius 2 is 2.05 bits per heavy atom. The van der Waals surface area contributed by atoms with Gasteiger partial charge in [-0.05, 0) is 19.2 Å². The Bertz CT molecular complexity index is 517. The van der Waals surface area contributed by atoms with E-state index in [1.165, 1.54) is 12.3 Å². The first-order valence-electron chi connectivity index (χ1n) is 6.67. The van der Waals surface area contributed by atoms with Crippen molar-refractivity contribution >= 4 is 23.4 Å². The number of hydrogen-bond acceptors (Lipinski definition) is 5. The smallest absolute Gasteiger partial charge is 0.270 e. The van der Waals surface area contributed by atoms with Gasteiger partial charge in [0, 0.05) is 37.4 Å². The zero-order chi connectivity index (χ0) is 15.2. The maximum atomic E-state index is 11.8. The Labute approximate surface area is 128 Å². The lowest BCUT2D eigenvalue weighted by molar-refractivity contribution is -0.125. The molecule has 0 aliphatic carbocycles. The van der Waals surface area contributed by atoms with E-state index in [-0.39, 0.29) is 18.1 Å². The number of rotatable bonds is 4. The zero-order valence-electron chi connectivity index (χ0n) is 11.8. The van der Waals surface area contributed by atoms with E-state index in [0.717, 1.165) is 26.2 Å². The lowest BCUT2D eigenvalue weighted by Gasteiger charge is -2.32. The number of likely N-dealkylation sites (N-methyl/N-ethyl adjacent to an activating group) is 1. The van der Waals surface area contributed by atoms with E-state index < -0.39 is 5.91 Å². The lowest BCUT2D eigenvalue weighted by Crippen LogP contribution is -2.54. The van der Waals surface area contributed by atoms with Crippen LogP contribution in [0.15, 0.2) is 18.3 Å². The minimum Gasteiger partial charge on any atom is -0.342 e. The Morgan fingerprint density at radius 3 is 2.71 bits per heavy atom. The van der Waals surface area contributed by atoms with Crippen LogP contribution in [0.5, 0.6) is 0 Å². The van der Waals surface area contributed by atoms with Crippen molar-refractivity contribution in [2.24, 2.45) is 0 Å². The van der Waals surface area contributed by atoms with Crippen molar-refractivity contribution in [3.63, 3.8) is 0 Å². The number of nitrogens with one attached hydrogen (secondary N) is 2. The maximum Gasteiger partial charge on any atom is 0.270 e. The summed E-state index contributed by atoms with van der Waals surface area (Å²) in [6.07, 6.45) is 1.45. The third-order valence-corrected chi connectivity index (χ3v) is 3.39. The van der Waals surface area contributed by atoms with Gasteiger partial charge in [0.25, 0.3) is 11.8 Å². The number of aromatic nitrogens is 1. The van der Waals surface area contributed by atoms with Crippen molar-refractivity contribution in [1.29, 1.82) is 0 Å².